The summed E-state index contributed by atoms with van der Waals surface area (Å²) in [5.41, 5.74) is 1.31. The summed E-state index contributed by atoms with van der Waals surface area (Å²) >= 11 is 0. The summed E-state index contributed by atoms with van der Waals surface area (Å²) in [6.07, 6.45) is -4.52. The predicted octanol–water partition coefficient (Wildman–Crippen LogP) is 5.14. The van der Waals surface area contributed by atoms with Gasteiger partial charge in [0.15, 0.2) is 0 Å². The van der Waals surface area contributed by atoms with E-state index in [0.717, 1.165) is 12.1 Å². The molecule has 0 fully saturated rings. The monoisotopic (exact) mass is 449 g/mol. The molecule has 0 bridgehead atoms. The maximum absolute atomic E-state index is 13.4. The first kappa shape index (κ1) is 21.9. The highest BCUT2D eigenvalue weighted by Crippen LogP contribution is 2.43. The lowest BCUT2D eigenvalue weighted by Crippen LogP contribution is -2.31. The van der Waals surface area contributed by atoms with Gasteiger partial charge in [-0.1, -0.05) is 18.2 Å². The summed E-state index contributed by atoms with van der Waals surface area (Å²) in [4.78, 5) is 6.01. The van der Waals surface area contributed by atoms with Gasteiger partial charge in [0.2, 0.25) is 11.9 Å². The first-order valence-electron chi connectivity index (χ1n) is 10.1. The number of hydrogen-bond acceptors (Lipinski definition) is 6. The molecule has 0 amide bonds. The molecule has 0 saturated carbocycles. The zero-order chi connectivity index (χ0) is 23.8. The second kappa shape index (κ2) is 8.32. The van der Waals surface area contributed by atoms with E-state index in [-0.39, 0.29) is 17.6 Å². The maximum Gasteiger partial charge on any atom is 0.416 e. The number of rotatable bonds is 4. The molecular weight excluding hydrogens is 431 g/mol. The van der Waals surface area contributed by atoms with Crippen molar-refractivity contribution in [3.63, 3.8) is 0 Å². The third-order valence-electron chi connectivity index (χ3n) is 5.30. The molecule has 10 heteroatoms. The summed E-state index contributed by atoms with van der Waals surface area (Å²) < 4.78 is 41.6. The van der Waals surface area contributed by atoms with Crippen LogP contribution in [0.5, 0.6) is 0 Å². The van der Waals surface area contributed by atoms with Gasteiger partial charge in [0, 0.05) is 17.9 Å². The Morgan fingerprint density at radius 1 is 1.09 bits per heavy atom. The highest BCUT2D eigenvalue weighted by Gasteiger charge is 2.37. The zero-order valence-electron chi connectivity index (χ0n) is 17.7. The minimum absolute atomic E-state index is 0.213. The van der Waals surface area contributed by atoms with Crippen LogP contribution in [0.1, 0.15) is 36.6 Å². The van der Waals surface area contributed by atoms with Crippen LogP contribution in [0.2, 0.25) is 0 Å². The van der Waals surface area contributed by atoms with Crippen molar-refractivity contribution in [2.75, 3.05) is 16.8 Å². The third-order valence-corrected chi connectivity index (χ3v) is 5.30. The summed E-state index contributed by atoms with van der Waals surface area (Å²) in [5, 5.41) is 26.7. The number of allylic oxidation sites excluding steroid dienone is 2. The van der Waals surface area contributed by atoms with Crippen LogP contribution in [0.4, 0.5) is 30.8 Å². The van der Waals surface area contributed by atoms with Crippen molar-refractivity contribution in [3.05, 3.63) is 76.5 Å². The molecule has 2 aromatic carbocycles. The lowest BCUT2D eigenvalue weighted by atomic mass is 9.95. The third kappa shape index (κ3) is 3.87. The van der Waals surface area contributed by atoms with E-state index >= 15 is 0 Å². The molecule has 0 radical (unpaired) electrons. The van der Waals surface area contributed by atoms with Crippen LogP contribution in [0.15, 0.2) is 59.8 Å². The molecular formula is C23H18F3N7. The Hall–Kier alpha value is -4.31. The fourth-order valence-electron chi connectivity index (χ4n) is 3.78. The minimum atomic E-state index is -4.52. The normalized spacial score (nSPS) is 15.6. The quantitative estimate of drug-likeness (QED) is 0.593. The number of halogens is 3. The van der Waals surface area contributed by atoms with Crippen molar-refractivity contribution in [2.45, 2.75) is 26.1 Å². The molecule has 7 nitrogen and oxygen atoms in total. The number of aromatic nitrogens is 3. The SMILES string of the molecule is CCNc1nc2n(n1)[C@H](c1ccc(C#N)cc1)C(C#N)=C(C)N2c1cccc(C(F)(F)F)c1. The molecule has 0 saturated heterocycles. The molecule has 1 aliphatic heterocycles. The van der Waals surface area contributed by atoms with Gasteiger partial charge < -0.3 is 5.32 Å². The molecule has 1 atom stereocenters. The van der Waals surface area contributed by atoms with Crippen molar-refractivity contribution >= 4 is 17.6 Å². The Labute approximate surface area is 188 Å². The number of hydrogen-bond donors (Lipinski definition) is 1. The smallest absolute Gasteiger partial charge is 0.353 e. The van der Waals surface area contributed by atoms with Gasteiger partial charge in [-0.25, -0.2) is 4.68 Å². The predicted molar refractivity (Wildman–Crippen MR) is 115 cm³/mol. The molecule has 0 aliphatic carbocycles. The van der Waals surface area contributed by atoms with Crippen LogP contribution in [-0.2, 0) is 6.18 Å². The lowest BCUT2D eigenvalue weighted by molar-refractivity contribution is -0.137. The summed E-state index contributed by atoms with van der Waals surface area (Å²) in [6, 6.07) is 15.2. The fourth-order valence-corrected chi connectivity index (χ4v) is 3.78. The lowest BCUT2D eigenvalue weighted by Gasteiger charge is -2.34. The first-order valence-corrected chi connectivity index (χ1v) is 10.1. The van der Waals surface area contributed by atoms with Crippen molar-refractivity contribution in [1.29, 1.82) is 10.5 Å². The van der Waals surface area contributed by atoms with Gasteiger partial charge in [-0.05, 0) is 49.7 Å². The van der Waals surface area contributed by atoms with Crippen molar-refractivity contribution in [1.82, 2.24) is 14.8 Å². The number of benzene rings is 2. The largest absolute Gasteiger partial charge is 0.416 e. The van der Waals surface area contributed by atoms with Gasteiger partial charge >= 0.3 is 6.18 Å². The van der Waals surface area contributed by atoms with Gasteiger partial charge in [0.1, 0.15) is 6.04 Å². The Kier molecular flexibility index (Phi) is 5.52. The topological polar surface area (TPSA) is 93.6 Å². The van der Waals surface area contributed by atoms with Gasteiger partial charge in [0.05, 0.1) is 28.8 Å². The Morgan fingerprint density at radius 2 is 1.82 bits per heavy atom. The van der Waals surface area contributed by atoms with E-state index in [9.17, 15) is 18.4 Å². The van der Waals surface area contributed by atoms with Gasteiger partial charge in [0.25, 0.3) is 0 Å². The van der Waals surface area contributed by atoms with Crippen LogP contribution in [0.3, 0.4) is 0 Å². The second-order valence-corrected chi connectivity index (χ2v) is 7.34. The minimum Gasteiger partial charge on any atom is -0.353 e. The van der Waals surface area contributed by atoms with Crippen molar-refractivity contribution in [3.8, 4) is 12.1 Å². The highest BCUT2D eigenvalue weighted by atomic mass is 19.4. The number of fused-ring (bicyclic) bond motifs is 1. The van der Waals surface area contributed by atoms with Crippen molar-refractivity contribution in [2.24, 2.45) is 0 Å². The summed E-state index contributed by atoms with van der Waals surface area (Å²) in [7, 11) is 0. The Bertz CT molecular complexity index is 1310. The number of nitrogens with zero attached hydrogens (tertiary/aromatic N) is 6. The summed E-state index contributed by atoms with van der Waals surface area (Å²) in [6.45, 7) is 4.07. The summed E-state index contributed by atoms with van der Waals surface area (Å²) in [5.74, 6) is 0.561. The van der Waals surface area contributed by atoms with E-state index in [1.54, 1.807) is 31.2 Å². The van der Waals surface area contributed by atoms with Crippen LogP contribution >= 0.6 is 0 Å². The molecule has 166 valence electrons. The van der Waals surface area contributed by atoms with E-state index < -0.39 is 17.8 Å². The number of anilines is 3. The van der Waals surface area contributed by atoms with E-state index in [2.05, 4.69) is 27.5 Å². The first-order chi connectivity index (χ1) is 15.8. The van der Waals surface area contributed by atoms with Gasteiger partial charge in [-0.2, -0.15) is 28.7 Å². The van der Waals surface area contributed by atoms with Crippen LogP contribution < -0.4 is 10.2 Å². The molecule has 0 spiro atoms. The standard InChI is InChI=1S/C23H18F3N7/c1-3-29-21-30-22-32(18-6-4-5-17(11-18)23(24,25)26)14(2)19(13-28)20(33(22)31-21)16-9-7-15(12-27)8-10-16/h4-11,20H,3H2,1-2H3,(H,29,31)/t20-/m1/s1. The average molecular weight is 449 g/mol. The highest BCUT2D eigenvalue weighted by molar-refractivity contribution is 5.69. The second-order valence-electron chi connectivity index (χ2n) is 7.34. The van der Waals surface area contributed by atoms with Gasteiger partial charge in [-0.3, -0.25) is 4.90 Å². The average Bonchev–Trinajstić information content (AvgIpc) is 3.21. The zero-order valence-corrected chi connectivity index (χ0v) is 17.7. The molecule has 1 aliphatic rings. The molecule has 3 aromatic rings. The van der Waals surface area contributed by atoms with E-state index in [4.69, 9.17) is 5.26 Å². The van der Waals surface area contributed by atoms with Crippen LogP contribution in [0.25, 0.3) is 0 Å². The number of alkyl halides is 3. The fraction of sp³-hybridized carbons (Fsp3) is 0.217. The van der Waals surface area contributed by atoms with E-state index in [1.165, 1.54) is 21.7 Å². The molecule has 0 unspecified atom stereocenters. The Balaban J connectivity index is 1.94. The molecule has 2 heterocycles. The molecule has 4 rings (SSSR count). The number of nitriles is 2. The maximum atomic E-state index is 13.4. The molecule has 1 aromatic heterocycles. The van der Waals surface area contributed by atoms with Crippen molar-refractivity contribution < 1.29 is 13.2 Å². The Morgan fingerprint density at radius 3 is 2.42 bits per heavy atom. The molecule has 1 N–H and O–H groups in total. The van der Waals surface area contributed by atoms with E-state index in [1.807, 2.05) is 6.92 Å². The number of nitrogens with one attached hydrogen (secondary N) is 1. The van der Waals surface area contributed by atoms with E-state index in [0.29, 0.717) is 28.9 Å². The van der Waals surface area contributed by atoms with Crippen LogP contribution in [-0.4, -0.2) is 21.3 Å². The van der Waals surface area contributed by atoms with Gasteiger partial charge in [-0.15, -0.1) is 5.10 Å². The van der Waals surface area contributed by atoms with Crippen LogP contribution in [0, 0.1) is 22.7 Å². The molecule has 33 heavy (non-hydrogen) atoms.